The smallest absolute Gasteiger partial charge is 0.326 e. The molecule has 0 aromatic carbocycles. The number of carbonyl (C=O) groups is 1. The van der Waals surface area contributed by atoms with Crippen LogP contribution in [-0.2, 0) is 9.53 Å². The Hall–Kier alpha value is -0.570. The highest BCUT2D eigenvalue weighted by Crippen LogP contribution is 2.40. The van der Waals surface area contributed by atoms with E-state index < -0.39 is 5.54 Å². The molecule has 1 fully saturated rings. The van der Waals surface area contributed by atoms with Crippen LogP contribution in [0.2, 0.25) is 0 Å². The van der Waals surface area contributed by atoms with Gasteiger partial charge in [-0.25, -0.2) is 0 Å². The van der Waals surface area contributed by atoms with Crippen LogP contribution in [0.25, 0.3) is 0 Å². The first kappa shape index (κ1) is 9.52. The Morgan fingerprint density at radius 1 is 1.67 bits per heavy atom. The van der Waals surface area contributed by atoms with E-state index >= 15 is 0 Å². The molecule has 0 heterocycles. The first-order chi connectivity index (χ1) is 5.65. The quantitative estimate of drug-likeness (QED) is 0.640. The number of ether oxygens (including phenoxy) is 1. The minimum atomic E-state index is -0.441. The van der Waals surface area contributed by atoms with E-state index in [0.29, 0.717) is 5.92 Å². The molecule has 0 amide bonds. The Morgan fingerprint density at radius 2 is 2.25 bits per heavy atom. The second-order valence-corrected chi connectivity index (χ2v) is 3.50. The molecular weight excluding hydrogens is 154 g/mol. The highest BCUT2D eigenvalue weighted by molar-refractivity contribution is 5.81. The molecule has 0 spiro atoms. The molecule has 0 radical (unpaired) electrons. The van der Waals surface area contributed by atoms with Crippen molar-refractivity contribution in [3.8, 4) is 0 Å². The standard InChI is InChI=1S/C9H17NO2/c1-4-10-9(2,7-5-6-7)8(11)12-3/h7,10H,4-6H2,1-3H3. The van der Waals surface area contributed by atoms with Crippen LogP contribution in [0.4, 0.5) is 0 Å². The Labute approximate surface area is 73.5 Å². The number of likely N-dealkylation sites (N-methyl/N-ethyl adjacent to an activating group) is 1. The van der Waals surface area contributed by atoms with Crippen LogP contribution in [0.5, 0.6) is 0 Å². The lowest BCUT2D eigenvalue weighted by atomic mass is 9.96. The minimum Gasteiger partial charge on any atom is -0.468 e. The van der Waals surface area contributed by atoms with Gasteiger partial charge in [-0.05, 0) is 32.2 Å². The molecule has 12 heavy (non-hydrogen) atoms. The van der Waals surface area contributed by atoms with E-state index in [1.54, 1.807) is 0 Å². The Bertz CT molecular complexity index is 177. The predicted molar refractivity (Wildman–Crippen MR) is 46.8 cm³/mol. The van der Waals surface area contributed by atoms with Crippen LogP contribution < -0.4 is 5.32 Å². The highest BCUT2D eigenvalue weighted by atomic mass is 16.5. The first-order valence-electron chi connectivity index (χ1n) is 4.48. The van der Waals surface area contributed by atoms with Crippen molar-refractivity contribution in [3.63, 3.8) is 0 Å². The summed E-state index contributed by atoms with van der Waals surface area (Å²) in [4.78, 5) is 11.4. The molecule has 1 aliphatic carbocycles. The summed E-state index contributed by atoms with van der Waals surface area (Å²) in [6.07, 6.45) is 2.28. The summed E-state index contributed by atoms with van der Waals surface area (Å²) in [6, 6.07) is 0. The average molecular weight is 171 g/mol. The second kappa shape index (κ2) is 3.44. The lowest BCUT2D eigenvalue weighted by molar-refractivity contribution is -0.148. The maximum absolute atomic E-state index is 11.4. The summed E-state index contributed by atoms with van der Waals surface area (Å²) in [6.45, 7) is 4.74. The molecule has 0 bridgehead atoms. The van der Waals surface area contributed by atoms with Gasteiger partial charge >= 0.3 is 5.97 Å². The Morgan fingerprint density at radius 3 is 2.58 bits per heavy atom. The fraction of sp³-hybridized carbons (Fsp3) is 0.889. The summed E-state index contributed by atoms with van der Waals surface area (Å²) >= 11 is 0. The van der Waals surface area contributed by atoms with Crippen molar-refractivity contribution in [2.45, 2.75) is 32.2 Å². The molecule has 1 N–H and O–H groups in total. The van der Waals surface area contributed by atoms with Crippen LogP contribution >= 0.6 is 0 Å². The summed E-state index contributed by atoms with van der Waals surface area (Å²) in [5.74, 6) is 0.344. The molecule has 70 valence electrons. The number of hydrogen-bond donors (Lipinski definition) is 1. The molecule has 1 rings (SSSR count). The predicted octanol–water partition coefficient (Wildman–Crippen LogP) is 0.938. The minimum absolute atomic E-state index is 0.133. The fourth-order valence-corrected chi connectivity index (χ4v) is 1.62. The number of methoxy groups -OCH3 is 1. The first-order valence-corrected chi connectivity index (χ1v) is 4.48. The zero-order valence-corrected chi connectivity index (χ0v) is 8.02. The molecule has 1 saturated carbocycles. The number of carbonyl (C=O) groups excluding carboxylic acids is 1. The van der Waals surface area contributed by atoms with Gasteiger partial charge in [0.25, 0.3) is 0 Å². The number of hydrogen-bond acceptors (Lipinski definition) is 3. The SMILES string of the molecule is CCNC(C)(C(=O)OC)C1CC1. The molecule has 0 saturated heterocycles. The van der Waals surface area contributed by atoms with Crippen molar-refractivity contribution >= 4 is 5.97 Å². The fourth-order valence-electron chi connectivity index (χ4n) is 1.62. The van der Waals surface area contributed by atoms with Crippen LogP contribution in [0.15, 0.2) is 0 Å². The molecule has 0 aromatic rings. The normalized spacial score (nSPS) is 21.6. The van der Waals surface area contributed by atoms with Crippen molar-refractivity contribution in [2.75, 3.05) is 13.7 Å². The van der Waals surface area contributed by atoms with Crippen LogP contribution in [-0.4, -0.2) is 25.2 Å². The largest absolute Gasteiger partial charge is 0.468 e. The van der Waals surface area contributed by atoms with E-state index in [1.807, 2.05) is 13.8 Å². The van der Waals surface area contributed by atoms with Gasteiger partial charge in [-0.15, -0.1) is 0 Å². The molecule has 3 nitrogen and oxygen atoms in total. The molecule has 0 aromatic heterocycles. The van der Waals surface area contributed by atoms with Crippen molar-refractivity contribution in [1.82, 2.24) is 5.32 Å². The van der Waals surface area contributed by atoms with Gasteiger partial charge in [0.15, 0.2) is 0 Å². The maximum atomic E-state index is 11.4. The van der Waals surface area contributed by atoms with E-state index in [-0.39, 0.29) is 5.97 Å². The summed E-state index contributed by atoms with van der Waals surface area (Å²) < 4.78 is 4.77. The monoisotopic (exact) mass is 171 g/mol. The van der Waals surface area contributed by atoms with E-state index in [2.05, 4.69) is 5.32 Å². The second-order valence-electron chi connectivity index (χ2n) is 3.50. The van der Waals surface area contributed by atoms with Gasteiger partial charge in [0.1, 0.15) is 5.54 Å². The van der Waals surface area contributed by atoms with Gasteiger partial charge in [-0.3, -0.25) is 4.79 Å². The van der Waals surface area contributed by atoms with Gasteiger partial charge in [0.05, 0.1) is 7.11 Å². The van der Waals surface area contributed by atoms with Crippen molar-refractivity contribution in [2.24, 2.45) is 5.92 Å². The summed E-state index contributed by atoms with van der Waals surface area (Å²) in [5, 5.41) is 3.20. The van der Waals surface area contributed by atoms with Crippen molar-refractivity contribution < 1.29 is 9.53 Å². The maximum Gasteiger partial charge on any atom is 0.326 e. The molecular formula is C9H17NO2. The number of rotatable bonds is 4. The zero-order valence-electron chi connectivity index (χ0n) is 8.02. The third-order valence-corrected chi connectivity index (χ3v) is 2.55. The van der Waals surface area contributed by atoms with E-state index in [1.165, 1.54) is 7.11 Å². The highest BCUT2D eigenvalue weighted by Gasteiger charge is 2.47. The van der Waals surface area contributed by atoms with Crippen LogP contribution in [0, 0.1) is 5.92 Å². The van der Waals surface area contributed by atoms with Gasteiger partial charge in [-0.1, -0.05) is 6.92 Å². The van der Waals surface area contributed by atoms with E-state index in [9.17, 15) is 4.79 Å². The van der Waals surface area contributed by atoms with E-state index in [4.69, 9.17) is 4.74 Å². The Balaban J connectivity index is 2.63. The average Bonchev–Trinajstić information content (AvgIpc) is 2.85. The van der Waals surface area contributed by atoms with Gasteiger partial charge < -0.3 is 10.1 Å². The lowest BCUT2D eigenvalue weighted by Crippen LogP contribution is -2.52. The molecule has 1 atom stereocenters. The van der Waals surface area contributed by atoms with Crippen LogP contribution in [0.3, 0.4) is 0 Å². The molecule has 0 aliphatic heterocycles. The van der Waals surface area contributed by atoms with E-state index in [0.717, 1.165) is 19.4 Å². The molecule has 1 unspecified atom stereocenters. The van der Waals surface area contributed by atoms with Crippen LogP contribution in [0.1, 0.15) is 26.7 Å². The van der Waals surface area contributed by atoms with Crippen molar-refractivity contribution in [1.29, 1.82) is 0 Å². The lowest BCUT2D eigenvalue weighted by Gasteiger charge is -2.27. The van der Waals surface area contributed by atoms with Gasteiger partial charge in [-0.2, -0.15) is 0 Å². The molecule has 1 aliphatic rings. The Kier molecular flexibility index (Phi) is 2.73. The zero-order chi connectivity index (χ0) is 9.19. The summed E-state index contributed by atoms with van der Waals surface area (Å²) in [7, 11) is 1.44. The summed E-state index contributed by atoms with van der Waals surface area (Å²) in [5.41, 5.74) is -0.441. The number of nitrogens with one attached hydrogen (secondary N) is 1. The van der Waals surface area contributed by atoms with Crippen molar-refractivity contribution in [3.05, 3.63) is 0 Å². The third-order valence-electron chi connectivity index (χ3n) is 2.55. The topological polar surface area (TPSA) is 38.3 Å². The molecule has 3 heteroatoms. The third kappa shape index (κ3) is 1.61. The number of esters is 1. The van der Waals surface area contributed by atoms with Gasteiger partial charge in [0.2, 0.25) is 0 Å². The van der Waals surface area contributed by atoms with Gasteiger partial charge in [0, 0.05) is 0 Å².